The summed E-state index contributed by atoms with van der Waals surface area (Å²) in [6, 6.07) is 3.61. The molecule has 0 saturated heterocycles. The topological polar surface area (TPSA) is 93.8 Å². The molecular weight excluding hydrogens is 318 g/mol. The highest BCUT2D eigenvalue weighted by atomic mass is 16.1. The lowest BCUT2D eigenvalue weighted by Gasteiger charge is -2.17. The molecule has 4 heterocycles. The van der Waals surface area contributed by atoms with Gasteiger partial charge < -0.3 is 0 Å². The van der Waals surface area contributed by atoms with Gasteiger partial charge in [0, 0.05) is 24.4 Å². The summed E-state index contributed by atoms with van der Waals surface area (Å²) in [5.41, 5.74) is 0.561. The molecule has 4 aromatic heterocycles. The first-order valence-corrected chi connectivity index (χ1v) is 8.58. The van der Waals surface area contributed by atoms with Crippen molar-refractivity contribution in [2.45, 2.75) is 38.0 Å². The van der Waals surface area contributed by atoms with Gasteiger partial charge in [0.15, 0.2) is 5.82 Å². The maximum atomic E-state index is 12.8. The summed E-state index contributed by atoms with van der Waals surface area (Å²) in [6.07, 6.45) is 10.9. The van der Waals surface area contributed by atoms with Crippen LogP contribution in [0.2, 0.25) is 0 Å². The zero-order valence-corrected chi connectivity index (χ0v) is 13.6. The van der Waals surface area contributed by atoms with E-state index in [4.69, 9.17) is 0 Å². The van der Waals surface area contributed by atoms with Gasteiger partial charge in [-0.2, -0.15) is 14.6 Å². The Labute approximate surface area is 142 Å². The Bertz CT molecular complexity index is 1100. The maximum Gasteiger partial charge on any atom is 0.267 e. The summed E-state index contributed by atoms with van der Waals surface area (Å²) in [5, 5.41) is 11.9. The molecule has 8 heteroatoms. The van der Waals surface area contributed by atoms with Gasteiger partial charge in [-0.1, -0.05) is 19.3 Å². The molecule has 8 nitrogen and oxygen atoms in total. The third-order valence-corrected chi connectivity index (χ3v) is 4.97. The van der Waals surface area contributed by atoms with Crippen molar-refractivity contribution in [2.75, 3.05) is 0 Å². The van der Waals surface area contributed by atoms with Crippen LogP contribution in [0.3, 0.4) is 0 Å². The standard InChI is InChI=1S/C17H17N7O/c25-16-12-10-18-17-20-15(11-4-2-1-3-5-11)22-24(17)13(12)7-9-23(16)14-6-8-19-21-14/h6-11H,1-5H2,(H,19,21). The normalized spacial score (nSPS) is 16.0. The number of hydrogen-bond acceptors (Lipinski definition) is 5. The zero-order valence-electron chi connectivity index (χ0n) is 13.6. The Morgan fingerprint density at radius 3 is 2.84 bits per heavy atom. The monoisotopic (exact) mass is 335 g/mol. The van der Waals surface area contributed by atoms with Gasteiger partial charge in [-0.3, -0.25) is 14.5 Å². The molecule has 126 valence electrons. The van der Waals surface area contributed by atoms with E-state index in [-0.39, 0.29) is 5.56 Å². The summed E-state index contributed by atoms with van der Waals surface area (Å²) in [4.78, 5) is 21.8. The first-order valence-electron chi connectivity index (χ1n) is 8.58. The van der Waals surface area contributed by atoms with Gasteiger partial charge in [0.25, 0.3) is 11.3 Å². The summed E-state index contributed by atoms with van der Waals surface area (Å²) >= 11 is 0. The van der Waals surface area contributed by atoms with Crippen LogP contribution in [0.1, 0.15) is 43.8 Å². The fraction of sp³-hybridized carbons (Fsp3) is 0.353. The van der Waals surface area contributed by atoms with E-state index < -0.39 is 0 Å². The van der Waals surface area contributed by atoms with Crippen LogP contribution in [0.25, 0.3) is 22.5 Å². The van der Waals surface area contributed by atoms with Gasteiger partial charge in [0.1, 0.15) is 5.82 Å². The van der Waals surface area contributed by atoms with Gasteiger partial charge in [-0.15, -0.1) is 5.10 Å². The molecule has 0 aliphatic heterocycles. The molecule has 1 aliphatic rings. The van der Waals surface area contributed by atoms with Crippen molar-refractivity contribution in [3.8, 4) is 5.82 Å². The van der Waals surface area contributed by atoms with Crippen LogP contribution in [0.15, 0.2) is 35.5 Å². The summed E-state index contributed by atoms with van der Waals surface area (Å²) < 4.78 is 3.21. The highest BCUT2D eigenvalue weighted by Crippen LogP contribution is 2.31. The van der Waals surface area contributed by atoms with E-state index in [9.17, 15) is 4.79 Å². The van der Waals surface area contributed by atoms with Crippen molar-refractivity contribution < 1.29 is 0 Å². The second kappa shape index (κ2) is 5.51. The minimum absolute atomic E-state index is 0.161. The number of nitrogens with one attached hydrogen (secondary N) is 1. The van der Waals surface area contributed by atoms with E-state index in [1.165, 1.54) is 23.8 Å². The quantitative estimate of drug-likeness (QED) is 0.606. The Hall–Kier alpha value is -3.03. The predicted octanol–water partition coefficient (Wildman–Crippen LogP) is 2.20. The number of nitrogens with zero attached hydrogens (tertiary/aromatic N) is 6. The van der Waals surface area contributed by atoms with Crippen LogP contribution in [0, 0.1) is 0 Å². The molecular formula is C17H17N7O. The van der Waals surface area contributed by atoms with Crippen molar-refractivity contribution in [1.29, 1.82) is 0 Å². The fourth-order valence-corrected chi connectivity index (χ4v) is 3.64. The molecule has 1 aliphatic carbocycles. The van der Waals surface area contributed by atoms with E-state index in [2.05, 4.69) is 25.3 Å². The summed E-state index contributed by atoms with van der Waals surface area (Å²) in [5.74, 6) is 2.41. The molecule has 0 radical (unpaired) electrons. The van der Waals surface area contributed by atoms with Crippen LogP contribution in [0.4, 0.5) is 0 Å². The second-order valence-electron chi connectivity index (χ2n) is 6.51. The minimum atomic E-state index is -0.161. The largest absolute Gasteiger partial charge is 0.268 e. The van der Waals surface area contributed by atoms with Crippen molar-refractivity contribution >= 4 is 16.7 Å². The predicted molar refractivity (Wildman–Crippen MR) is 91.9 cm³/mol. The van der Waals surface area contributed by atoms with Gasteiger partial charge in [-0.05, 0) is 18.9 Å². The van der Waals surface area contributed by atoms with Crippen LogP contribution >= 0.6 is 0 Å². The third kappa shape index (κ3) is 2.25. The van der Waals surface area contributed by atoms with E-state index in [0.717, 1.165) is 24.2 Å². The van der Waals surface area contributed by atoms with Crippen molar-refractivity contribution in [3.05, 3.63) is 46.9 Å². The first-order chi connectivity index (χ1) is 12.3. The fourth-order valence-electron chi connectivity index (χ4n) is 3.64. The molecule has 0 bridgehead atoms. The Morgan fingerprint density at radius 1 is 1.16 bits per heavy atom. The van der Waals surface area contributed by atoms with Crippen molar-refractivity contribution in [2.24, 2.45) is 0 Å². The lowest BCUT2D eigenvalue weighted by atomic mass is 9.89. The highest BCUT2D eigenvalue weighted by molar-refractivity contribution is 5.78. The van der Waals surface area contributed by atoms with Gasteiger partial charge in [-0.25, -0.2) is 4.98 Å². The average molecular weight is 335 g/mol. The van der Waals surface area contributed by atoms with Crippen LogP contribution in [-0.4, -0.2) is 34.3 Å². The molecule has 0 spiro atoms. The van der Waals surface area contributed by atoms with Gasteiger partial charge >= 0.3 is 0 Å². The van der Waals surface area contributed by atoms with Crippen molar-refractivity contribution in [1.82, 2.24) is 34.3 Å². The first kappa shape index (κ1) is 14.3. The Morgan fingerprint density at radius 2 is 2.04 bits per heavy atom. The Balaban J connectivity index is 1.68. The summed E-state index contributed by atoms with van der Waals surface area (Å²) in [7, 11) is 0. The highest BCUT2D eigenvalue weighted by Gasteiger charge is 2.21. The van der Waals surface area contributed by atoms with Gasteiger partial charge in [0.2, 0.25) is 0 Å². The molecule has 1 saturated carbocycles. The molecule has 0 amide bonds. The number of aromatic nitrogens is 7. The lowest BCUT2D eigenvalue weighted by Crippen LogP contribution is -2.19. The van der Waals surface area contributed by atoms with Crippen molar-refractivity contribution in [3.63, 3.8) is 0 Å². The number of fused-ring (bicyclic) bond motifs is 3. The smallest absolute Gasteiger partial charge is 0.267 e. The SMILES string of the molecule is O=c1c2cnc3nc(C4CCCCC4)nn3c2ccn1-c1ccn[nH]1. The number of aromatic amines is 1. The van der Waals surface area contributed by atoms with Crippen LogP contribution in [-0.2, 0) is 0 Å². The Kier molecular flexibility index (Phi) is 3.16. The molecule has 4 aromatic rings. The molecule has 0 aromatic carbocycles. The van der Waals surface area contributed by atoms with E-state index >= 15 is 0 Å². The second-order valence-corrected chi connectivity index (χ2v) is 6.51. The molecule has 5 rings (SSSR count). The number of H-pyrrole nitrogens is 1. The molecule has 1 N–H and O–H groups in total. The average Bonchev–Trinajstić information content (AvgIpc) is 3.32. The molecule has 0 atom stereocenters. The van der Waals surface area contributed by atoms with Crippen LogP contribution in [0.5, 0.6) is 0 Å². The van der Waals surface area contributed by atoms with E-state index in [0.29, 0.717) is 22.9 Å². The molecule has 1 fully saturated rings. The number of hydrogen-bond donors (Lipinski definition) is 1. The number of pyridine rings is 1. The number of rotatable bonds is 2. The third-order valence-electron chi connectivity index (χ3n) is 4.97. The van der Waals surface area contributed by atoms with E-state index in [1.54, 1.807) is 29.2 Å². The minimum Gasteiger partial charge on any atom is -0.268 e. The van der Waals surface area contributed by atoms with Gasteiger partial charge in [0.05, 0.1) is 17.1 Å². The maximum absolute atomic E-state index is 12.8. The van der Waals surface area contributed by atoms with Crippen LogP contribution < -0.4 is 5.56 Å². The molecule has 0 unspecified atom stereocenters. The molecule has 25 heavy (non-hydrogen) atoms. The summed E-state index contributed by atoms with van der Waals surface area (Å²) in [6.45, 7) is 0. The zero-order chi connectivity index (χ0) is 16.8. The van der Waals surface area contributed by atoms with E-state index in [1.807, 2.05) is 6.07 Å². The lowest BCUT2D eigenvalue weighted by molar-refractivity contribution is 0.429.